The number of hydrogen-bond donors (Lipinski definition) is 0. The number of pyridine rings is 1. The van der Waals surface area contributed by atoms with Crippen molar-refractivity contribution < 1.29 is 14.3 Å². The third-order valence-electron chi connectivity index (χ3n) is 1.35. The normalized spacial score (nSPS) is 9.46. The predicted molar refractivity (Wildman–Crippen MR) is 49.7 cm³/mol. The molecule has 1 aromatic heterocycles. The van der Waals surface area contributed by atoms with Gasteiger partial charge in [0.15, 0.2) is 0 Å². The molecule has 0 saturated carbocycles. The van der Waals surface area contributed by atoms with E-state index in [0.717, 1.165) is 10.2 Å². The topological polar surface area (TPSA) is 48.4 Å². The maximum atomic E-state index is 10.7. The second-order valence-corrected chi connectivity index (χ2v) is 3.13. The SMILES string of the molecule is COC(=O)Oc1ccc(Br)c(C)n1. The number of methoxy groups -OCH3 is 1. The van der Waals surface area contributed by atoms with Gasteiger partial charge < -0.3 is 9.47 Å². The van der Waals surface area contributed by atoms with E-state index in [0.29, 0.717) is 0 Å². The molecule has 0 fully saturated rings. The van der Waals surface area contributed by atoms with Crippen LogP contribution in [0.1, 0.15) is 5.69 Å². The number of halogens is 1. The third kappa shape index (κ3) is 2.69. The molecule has 70 valence electrons. The standard InChI is InChI=1S/C8H8BrNO3/c1-5-6(9)3-4-7(10-5)13-8(11)12-2/h3-4H,1-2H3. The highest BCUT2D eigenvalue weighted by Crippen LogP contribution is 2.17. The predicted octanol–water partition coefficient (Wildman–Crippen LogP) is 2.30. The Labute approximate surface area is 84.0 Å². The van der Waals surface area contributed by atoms with Crippen molar-refractivity contribution in [1.29, 1.82) is 0 Å². The van der Waals surface area contributed by atoms with E-state index in [2.05, 4.69) is 25.7 Å². The van der Waals surface area contributed by atoms with E-state index in [9.17, 15) is 4.79 Å². The Hall–Kier alpha value is -1.10. The number of aryl methyl sites for hydroxylation is 1. The minimum Gasteiger partial charge on any atom is -0.437 e. The van der Waals surface area contributed by atoms with Gasteiger partial charge in [-0.15, -0.1) is 0 Å². The lowest BCUT2D eigenvalue weighted by atomic mass is 10.4. The van der Waals surface area contributed by atoms with Gasteiger partial charge in [-0.3, -0.25) is 0 Å². The molecule has 0 unspecified atom stereocenters. The second-order valence-electron chi connectivity index (χ2n) is 2.27. The molecule has 1 aromatic rings. The first-order chi connectivity index (χ1) is 6.13. The van der Waals surface area contributed by atoms with Gasteiger partial charge in [0.05, 0.1) is 12.8 Å². The lowest BCUT2D eigenvalue weighted by Gasteiger charge is -2.02. The van der Waals surface area contributed by atoms with Crippen molar-refractivity contribution in [3.05, 3.63) is 22.3 Å². The molecule has 0 saturated heterocycles. The Balaban J connectivity index is 2.79. The molecule has 0 amide bonds. The molecule has 0 atom stereocenters. The van der Waals surface area contributed by atoms with Gasteiger partial charge in [0.1, 0.15) is 0 Å². The average molecular weight is 246 g/mol. The highest BCUT2D eigenvalue weighted by atomic mass is 79.9. The number of carbonyl (C=O) groups is 1. The van der Waals surface area contributed by atoms with Crippen LogP contribution in [0.2, 0.25) is 0 Å². The first-order valence-corrected chi connectivity index (χ1v) is 4.31. The Kier molecular flexibility index (Phi) is 3.25. The van der Waals surface area contributed by atoms with Gasteiger partial charge >= 0.3 is 6.16 Å². The first kappa shape index (κ1) is 9.98. The van der Waals surface area contributed by atoms with Crippen LogP contribution in [0.5, 0.6) is 5.88 Å². The molecule has 0 N–H and O–H groups in total. The van der Waals surface area contributed by atoms with Crippen LogP contribution in [0.4, 0.5) is 4.79 Å². The van der Waals surface area contributed by atoms with Crippen LogP contribution in [0.15, 0.2) is 16.6 Å². The number of aromatic nitrogens is 1. The summed E-state index contributed by atoms with van der Waals surface area (Å²) >= 11 is 3.28. The van der Waals surface area contributed by atoms with Gasteiger partial charge in [-0.05, 0) is 28.9 Å². The number of rotatable bonds is 1. The molecule has 0 aliphatic rings. The quantitative estimate of drug-likeness (QED) is 0.713. The van der Waals surface area contributed by atoms with Gasteiger partial charge in [0.2, 0.25) is 5.88 Å². The van der Waals surface area contributed by atoms with Crippen molar-refractivity contribution >= 4 is 22.1 Å². The lowest BCUT2D eigenvalue weighted by Crippen LogP contribution is -2.08. The summed E-state index contributed by atoms with van der Waals surface area (Å²) in [5.41, 5.74) is 0.751. The average Bonchev–Trinajstić information content (AvgIpc) is 2.11. The Morgan fingerprint density at radius 3 is 2.77 bits per heavy atom. The van der Waals surface area contributed by atoms with Crippen LogP contribution in [-0.4, -0.2) is 18.2 Å². The molecule has 0 aliphatic heterocycles. The molecule has 0 aliphatic carbocycles. The van der Waals surface area contributed by atoms with E-state index in [4.69, 9.17) is 4.74 Å². The molecule has 0 bridgehead atoms. The minimum absolute atomic E-state index is 0.229. The molecule has 5 heteroatoms. The fourth-order valence-corrected chi connectivity index (χ4v) is 0.926. The number of ether oxygens (including phenoxy) is 2. The number of nitrogens with zero attached hydrogens (tertiary/aromatic N) is 1. The van der Waals surface area contributed by atoms with Crippen molar-refractivity contribution in [1.82, 2.24) is 4.98 Å². The molecular formula is C8H8BrNO3. The van der Waals surface area contributed by atoms with E-state index < -0.39 is 6.16 Å². The lowest BCUT2D eigenvalue weighted by molar-refractivity contribution is 0.119. The van der Waals surface area contributed by atoms with Crippen LogP contribution >= 0.6 is 15.9 Å². The van der Waals surface area contributed by atoms with E-state index in [-0.39, 0.29) is 5.88 Å². The first-order valence-electron chi connectivity index (χ1n) is 3.52. The zero-order chi connectivity index (χ0) is 9.84. The van der Waals surface area contributed by atoms with E-state index >= 15 is 0 Å². The zero-order valence-corrected chi connectivity index (χ0v) is 8.79. The third-order valence-corrected chi connectivity index (χ3v) is 2.19. The van der Waals surface area contributed by atoms with E-state index in [1.807, 2.05) is 0 Å². The summed E-state index contributed by atoms with van der Waals surface area (Å²) in [6.45, 7) is 1.80. The van der Waals surface area contributed by atoms with Crippen LogP contribution < -0.4 is 4.74 Å². The molecular weight excluding hydrogens is 238 g/mol. The van der Waals surface area contributed by atoms with Gasteiger partial charge in [-0.25, -0.2) is 9.78 Å². The molecule has 1 rings (SSSR count). The van der Waals surface area contributed by atoms with Gasteiger partial charge in [-0.2, -0.15) is 0 Å². The van der Waals surface area contributed by atoms with Crippen LogP contribution in [0.3, 0.4) is 0 Å². The summed E-state index contributed by atoms with van der Waals surface area (Å²) < 4.78 is 9.88. The fraction of sp³-hybridized carbons (Fsp3) is 0.250. The van der Waals surface area contributed by atoms with Crippen molar-refractivity contribution in [2.24, 2.45) is 0 Å². The zero-order valence-electron chi connectivity index (χ0n) is 7.20. The summed E-state index contributed by atoms with van der Waals surface area (Å²) in [7, 11) is 1.24. The summed E-state index contributed by atoms with van der Waals surface area (Å²) in [6.07, 6.45) is -0.769. The number of hydrogen-bond acceptors (Lipinski definition) is 4. The van der Waals surface area contributed by atoms with Gasteiger partial charge in [0, 0.05) is 10.5 Å². The van der Waals surface area contributed by atoms with Gasteiger partial charge in [-0.1, -0.05) is 0 Å². The smallest absolute Gasteiger partial charge is 0.437 e. The Morgan fingerprint density at radius 1 is 1.54 bits per heavy atom. The molecule has 0 aromatic carbocycles. The summed E-state index contributed by atoms with van der Waals surface area (Å²) in [6, 6.07) is 3.33. The van der Waals surface area contributed by atoms with Gasteiger partial charge in [0.25, 0.3) is 0 Å². The van der Waals surface area contributed by atoms with E-state index in [1.165, 1.54) is 7.11 Å². The van der Waals surface area contributed by atoms with E-state index in [1.54, 1.807) is 19.1 Å². The highest BCUT2D eigenvalue weighted by Gasteiger charge is 2.05. The molecule has 0 spiro atoms. The maximum Gasteiger partial charge on any atom is 0.514 e. The highest BCUT2D eigenvalue weighted by molar-refractivity contribution is 9.10. The van der Waals surface area contributed by atoms with Crippen LogP contribution in [0, 0.1) is 6.92 Å². The second kappa shape index (κ2) is 4.23. The Bertz CT molecular complexity index is 327. The maximum absolute atomic E-state index is 10.7. The molecule has 0 radical (unpaired) electrons. The van der Waals surface area contributed by atoms with Crippen molar-refractivity contribution in [3.8, 4) is 5.88 Å². The van der Waals surface area contributed by atoms with Crippen LogP contribution in [0.25, 0.3) is 0 Å². The van der Waals surface area contributed by atoms with Crippen molar-refractivity contribution in [3.63, 3.8) is 0 Å². The van der Waals surface area contributed by atoms with Crippen molar-refractivity contribution in [2.45, 2.75) is 6.92 Å². The fourth-order valence-electron chi connectivity index (χ4n) is 0.705. The summed E-state index contributed by atoms with van der Waals surface area (Å²) in [5.74, 6) is 0.229. The largest absolute Gasteiger partial charge is 0.514 e. The molecule has 13 heavy (non-hydrogen) atoms. The summed E-state index contributed by atoms with van der Waals surface area (Å²) in [4.78, 5) is 14.7. The van der Waals surface area contributed by atoms with Crippen molar-refractivity contribution in [2.75, 3.05) is 7.11 Å². The Morgan fingerprint density at radius 2 is 2.23 bits per heavy atom. The van der Waals surface area contributed by atoms with Crippen LogP contribution in [-0.2, 0) is 4.74 Å². The summed E-state index contributed by atoms with van der Waals surface area (Å²) in [5, 5.41) is 0. The molecule has 1 heterocycles. The minimum atomic E-state index is -0.769. The monoisotopic (exact) mass is 245 g/mol. The molecule has 4 nitrogen and oxygen atoms in total. The number of carbonyl (C=O) groups excluding carboxylic acids is 1.